The number of carbonyl (C=O) groups is 2. The van der Waals surface area contributed by atoms with Gasteiger partial charge in [0.15, 0.2) is 0 Å². The molecular formula is C17H24N2O2. The molecule has 2 amide bonds. The molecule has 1 aliphatic heterocycles. The summed E-state index contributed by atoms with van der Waals surface area (Å²) in [5, 5.41) is 2.91. The molecule has 114 valence electrons. The number of nitrogens with one attached hydrogen (secondary N) is 1. The third-order valence-corrected chi connectivity index (χ3v) is 3.73. The number of hydrogen-bond donors (Lipinski definition) is 1. The van der Waals surface area contributed by atoms with Crippen LogP contribution in [0, 0.1) is 19.8 Å². The topological polar surface area (TPSA) is 49.4 Å². The lowest BCUT2D eigenvalue weighted by Crippen LogP contribution is -2.46. The van der Waals surface area contributed by atoms with E-state index in [2.05, 4.69) is 5.32 Å². The van der Waals surface area contributed by atoms with Gasteiger partial charge >= 0.3 is 0 Å². The van der Waals surface area contributed by atoms with Crippen molar-refractivity contribution in [3.63, 3.8) is 0 Å². The largest absolute Gasteiger partial charge is 0.351 e. The number of benzene rings is 1. The van der Waals surface area contributed by atoms with Gasteiger partial charge in [0.1, 0.15) is 5.92 Å². The van der Waals surface area contributed by atoms with Crippen molar-refractivity contribution in [1.29, 1.82) is 0 Å². The minimum atomic E-state index is -0.566. The average Bonchev–Trinajstić information content (AvgIpc) is 2.69. The third kappa shape index (κ3) is 3.26. The lowest BCUT2D eigenvalue weighted by atomic mass is 10.0. The lowest BCUT2D eigenvalue weighted by Gasteiger charge is -2.24. The second-order valence-corrected chi connectivity index (χ2v) is 6.81. The van der Waals surface area contributed by atoms with Crippen LogP contribution in [0.25, 0.3) is 0 Å². The summed E-state index contributed by atoms with van der Waals surface area (Å²) in [5.41, 5.74) is 2.78. The first-order valence-corrected chi connectivity index (χ1v) is 7.40. The highest BCUT2D eigenvalue weighted by molar-refractivity contribution is 6.10. The van der Waals surface area contributed by atoms with Gasteiger partial charge in [0.25, 0.3) is 0 Å². The molecule has 4 nitrogen and oxygen atoms in total. The van der Waals surface area contributed by atoms with Gasteiger partial charge in [0.05, 0.1) is 0 Å². The van der Waals surface area contributed by atoms with E-state index < -0.39 is 5.92 Å². The standard InChI is InChI=1S/C17H24N2O2/c1-11-7-6-8-12(2)14(11)19-10-9-13(16(19)21)15(20)18-17(3,4)5/h6-8,13H,9-10H2,1-5H3,(H,18,20). The van der Waals surface area contributed by atoms with Crippen molar-refractivity contribution in [1.82, 2.24) is 5.32 Å². The number of nitrogens with zero attached hydrogens (tertiary/aromatic N) is 1. The number of para-hydroxylation sites is 1. The zero-order valence-electron chi connectivity index (χ0n) is 13.5. The van der Waals surface area contributed by atoms with Crippen molar-refractivity contribution in [2.24, 2.45) is 5.92 Å². The lowest BCUT2D eigenvalue weighted by molar-refractivity contribution is -0.133. The monoisotopic (exact) mass is 288 g/mol. The van der Waals surface area contributed by atoms with E-state index in [0.717, 1.165) is 16.8 Å². The molecule has 0 aliphatic carbocycles. The molecule has 1 atom stereocenters. The predicted molar refractivity (Wildman–Crippen MR) is 84.3 cm³/mol. The Morgan fingerprint density at radius 2 is 1.81 bits per heavy atom. The van der Waals surface area contributed by atoms with Crippen molar-refractivity contribution in [2.45, 2.75) is 46.6 Å². The smallest absolute Gasteiger partial charge is 0.239 e. The molecular weight excluding hydrogens is 264 g/mol. The van der Waals surface area contributed by atoms with Crippen molar-refractivity contribution in [2.75, 3.05) is 11.4 Å². The van der Waals surface area contributed by atoms with Crippen LogP contribution in [0.3, 0.4) is 0 Å². The summed E-state index contributed by atoms with van der Waals surface area (Å²) < 4.78 is 0. The molecule has 1 heterocycles. The quantitative estimate of drug-likeness (QED) is 0.850. The first kappa shape index (κ1) is 15.5. The molecule has 1 unspecified atom stereocenters. The molecule has 1 fully saturated rings. The normalized spacial score (nSPS) is 19.0. The van der Waals surface area contributed by atoms with Crippen LogP contribution in [0.1, 0.15) is 38.3 Å². The molecule has 1 aromatic carbocycles. The van der Waals surface area contributed by atoms with Gasteiger partial charge in [-0.1, -0.05) is 18.2 Å². The van der Waals surface area contributed by atoms with Gasteiger partial charge in [0, 0.05) is 17.8 Å². The molecule has 0 bridgehead atoms. The highest BCUT2D eigenvalue weighted by atomic mass is 16.2. The molecule has 1 aliphatic rings. The van der Waals surface area contributed by atoms with Crippen LogP contribution in [-0.4, -0.2) is 23.9 Å². The Labute approximate surface area is 126 Å². The number of carbonyl (C=O) groups excluding carboxylic acids is 2. The molecule has 0 spiro atoms. The summed E-state index contributed by atoms with van der Waals surface area (Å²) in [4.78, 5) is 26.6. The SMILES string of the molecule is Cc1cccc(C)c1N1CCC(C(=O)NC(C)(C)C)C1=O. The first-order chi connectivity index (χ1) is 9.70. The van der Waals surface area contributed by atoms with E-state index in [1.54, 1.807) is 4.90 Å². The van der Waals surface area contributed by atoms with E-state index in [4.69, 9.17) is 0 Å². The number of hydrogen-bond acceptors (Lipinski definition) is 2. The molecule has 1 N–H and O–H groups in total. The maximum absolute atomic E-state index is 12.6. The van der Waals surface area contributed by atoms with Crippen molar-refractivity contribution < 1.29 is 9.59 Å². The fourth-order valence-corrected chi connectivity index (χ4v) is 2.83. The van der Waals surface area contributed by atoms with Crippen LogP contribution in [0.4, 0.5) is 5.69 Å². The number of anilines is 1. The molecule has 1 saturated heterocycles. The Morgan fingerprint density at radius 3 is 2.33 bits per heavy atom. The summed E-state index contributed by atoms with van der Waals surface area (Å²) in [6, 6.07) is 5.98. The zero-order chi connectivity index (χ0) is 15.8. The minimum absolute atomic E-state index is 0.0887. The van der Waals surface area contributed by atoms with E-state index >= 15 is 0 Å². The molecule has 4 heteroatoms. The summed E-state index contributed by atoms with van der Waals surface area (Å²) >= 11 is 0. The Kier molecular flexibility index (Phi) is 4.08. The van der Waals surface area contributed by atoms with Crippen LogP contribution in [-0.2, 0) is 9.59 Å². The summed E-state index contributed by atoms with van der Waals surface area (Å²) in [6.45, 7) is 10.4. The minimum Gasteiger partial charge on any atom is -0.351 e. The first-order valence-electron chi connectivity index (χ1n) is 7.40. The molecule has 0 saturated carbocycles. The molecule has 0 radical (unpaired) electrons. The van der Waals surface area contributed by atoms with Crippen molar-refractivity contribution in [3.8, 4) is 0 Å². The summed E-state index contributed by atoms with van der Waals surface area (Å²) in [6.07, 6.45) is 0.578. The van der Waals surface area contributed by atoms with Gasteiger partial charge < -0.3 is 10.2 Å². The second-order valence-electron chi connectivity index (χ2n) is 6.81. The highest BCUT2D eigenvalue weighted by Gasteiger charge is 2.39. The summed E-state index contributed by atoms with van der Waals surface area (Å²) in [7, 11) is 0. The van der Waals surface area contributed by atoms with Crippen LogP contribution in [0.2, 0.25) is 0 Å². The van der Waals surface area contributed by atoms with Crippen LogP contribution >= 0.6 is 0 Å². The second kappa shape index (κ2) is 5.51. The maximum Gasteiger partial charge on any atom is 0.239 e. The van der Waals surface area contributed by atoms with Crippen LogP contribution in [0.15, 0.2) is 18.2 Å². The number of aryl methyl sites for hydroxylation is 2. The molecule has 21 heavy (non-hydrogen) atoms. The van der Waals surface area contributed by atoms with Gasteiger partial charge in [-0.3, -0.25) is 9.59 Å². The molecule has 0 aromatic heterocycles. The Hall–Kier alpha value is -1.84. The van der Waals surface area contributed by atoms with E-state index in [1.165, 1.54) is 0 Å². The van der Waals surface area contributed by atoms with Gasteiger partial charge in [-0.25, -0.2) is 0 Å². The van der Waals surface area contributed by atoms with Crippen molar-refractivity contribution in [3.05, 3.63) is 29.3 Å². The van der Waals surface area contributed by atoms with Crippen LogP contribution in [0.5, 0.6) is 0 Å². The van der Waals surface area contributed by atoms with Gasteiger partial charge in [-0.05, 0) is 52.2 Å². The average molecular weight is 288 g/mol. The Morgan fingerprint density at radius 1 is 1.24 bits per heavy atom. The van der Waals surface area contributed by atoms with Gasteiger partial charge in [0.2, 0.25) is 11.8 Å². The van der Waals surface area contributed by atoms with Gasteiger partial charge in [-0.2, -0.15) is 0 Å². The fourth-order valence-electron chi connectivity index (χ4n) is 2.83. The molecule has 1 aromatic rings. The third-order valence-electron chi connectivity index (χ3n) is 3.73. The highest BCUT2D eigenvalue weighted by Crippen LogP contribution is 2.31. The Bertz CT molecular complexity index is 552. The van der Waals surface area contributed by atoms with Crippen LogP contribution < -0.4 is 10.2 Å². The maximum atomic E-state index is 12.6. The van der Waals surface area contributed by atoms with E-state index in [9.17, 15) is 9.59 Å². The number of amides is 2. The van der Waals surface area contributed by atoms with E-state index in [0.29, 0.717) is 13.0 Å². The Balaban J connectivity index is 2.21. The number of rotatable bonds is 2. The summed E-state index contributed by atoms with van der Waals surface area (Å²) in [5.74, 6) is -0.821. The van der Waals surface area contributed by atoms with Crippen molar-refractivity contribution >= 4 is 17.5 Å². The fraction of sp³-hybridized carbons (Fsp3) is 0.529. The van der Waals surface area contributed by atoms with Gasteiger partial charge in [-0.15, -0.1) is 0 Å². The van der Waals surface area contributed by atoms with E-state index in [1.807, 2.05) is 52.8 Å². The molecule has 2 rings (SSSR count). The van der Waals surface area contributed by atoms with E-state index in [-0.39, 0.29) is 17.4 Å². The predicted octanol–water partition coefficient (Wildman–Crippen LogP) is 2.57. The zero-order valence-corrected chi connectivity index (χ0v) is 13.5.